The minimum absolute atomic E-state index is 0.0193. The van der Waals surface area contributed by atoms with E-state index in [1.54, 1.807) is 32.0 Å². The van der Waals surface area contributed by atoms with Gasteiger partial charge in [0, 0.05) is 0 Å². The van der Waals surface area contributed by atoms with Crippen LogP contribution in [0.1, 0.15) is 26.5 Å². The van der Waals surface area contributed by atoms with Gasteiger partial charge in [-0.25, -0.2) is 19.0 Å². The fraction of sp³-hybridized carbons (Fsp3) is 0.400. The van der Waals surface area contributed by atoms with Crippen molar-refractivity contribution in [2.24, 2.45) is 0 Å². The number of hydrogen-bond donors (Lipinski definition) is 4. The van der Waals surface area contributed by atoms with Crippen LogP contribution in [0.25, 0.3) is 5.65 Å². The lowest BCUT2D eigenvalue weighted by Crippen LogP contribution is -2.46. The Morgan fingerprint density at radius 2 is 2.00 bits per heavy atom. The molecule has 0 saturated carbocycles. The first-order chi connectivity index (χ1) is 19.4. The maximum atomic E-state index is 13.9. The van der Waals surface area contributed by atoms with Crippen LogP contribution in [0.4, 0.5) is 5.82 Å². The number of aromatic nitrogens is 4. The summed E-state index contributed by atoms with van der Waals surface area (Å²) in [5.41, 5.74) is 1.22. The second kappa shape index (κ2) is 11.4. The van der Waals surface area contributed by atoms with Gasteiger partial charge in [0.1, 0.15) is 48.7 Å². The number of rotatable bonds is 10. The van der Waals surface area contributed by atoms with Crippen LogP contribution in [0.2, 0.25) is 0 Å². The zero-order chi connectivity index (χ0) is 30.0. The molecule has 0 amide bonds. The zero-order valence-corrected chi connectivity index (χ0v) is 23.1. The number of nitrogens with two attached hydrogens (primary N) is 1. The molecular formula is C25H28N7O8P. The number of nitriles is 1. The summed E-state index contributed by atoms with van der Waals surface area (Å²) in [6.45, 7) is 3.82. The number of nitrogens with zero attached hydrogens (tertiary/aromatic N) is 5. The SMILES string of the molecule is C#C[C@]1(CO[P@@](=O)(N[C@@H](C)C(=O)OC(C)C)Oc2ccccc2)O[C@@](C#N)(c2cnc3c(N)ncnn23)C(O)C1O. The highest BCUT2D eigenvalue weighted by atomic mass is 31.2. The predicted octanol–water partition coefficient (Wildman–Crippen LogP) is 0.683. The van der Waals surface area contributed by atoms with E-state index in [0.717, 1.165) is 10.8 Å². The zero-order valence-electron chi connectivity index (χ0n) is 22.2. The number of para-hydroxylation sites is 1. The van der Waals surface area contributed by atoms with Gasteiger partial charge < -0.3 is 29.9 Å². The van der Waals surface area contributed by atoms with Crippen LogP contribution in [0.3, 0.4) is 0 Å². The number of nitrogens with one attached hydrogen (secondary N) is 1. The number of esters is 1. The lowest BCUT2D eigenvalue weighted by Gasteiger charge is -2.30. The largest absolute Gasteiger partial charge is 0.462 e. The molecule has 16 heteroatoms. The molecule has 1 aliphatic rings. The average Bonchev–Trinajstić information content (AvgIpc) is 3.47. The van der Waals surface area contributed by atoms with Crippen molar-refractivity contribution in [1.82, 2.24) is 24.7 Å². The van der Waals surface area contributed by atoms with E-state index in [4.69, 9.17) is 30.7 Å². The summed E-state index contributed by atoms with van der Waals surface area (Å²) in [4.78, 5) is 20.3. The molecule has 2 aromatic heterocycles. The minimum atomic E-state index is -4.46. The molecule has 0 bridgehead atoms. The summed E-state index contributed by atoms with van der Waals surface area (Å²) < 4.78 is 37.3. The number of anilines is 1. The van der Waals surface area contributed by atoms with Crippen LogP contribution in [0.5, 0.6) is 5.75 Å². The first kappa shape index (κ1) is 29.9. The van der Waals surface area contributed by atoms with Gasteiger partial charge in [-0.15, -0.1) is 6.42 Å². The third-order valence-corrected chi connectivity index (χ3v) is 7.76. The predicted molar refractivity (Wildman–Crippen MR) is 142 cm³/mol. The molecule has 1 fully saturated rings. The Morgan fingerprint density at radius 1 is 1.29 bits per heavy atom. The van der Waals surface area contributed by atoms with Gasteiger partial charge in [-0.05, 0) is 32.9 Å². The maximum absolute atomic E-state index is 13.9. The van der Waals surface area contributed by atoms with Crippen molar-refractivity contribution in [2.45, 2.75) is 56.3 Å². The summed E-state index contributed by atoms with van der Waals surface area (Å²) in [7, 11) is -4.46. The molecule has 1 aromatic carbocycles. The van der Waals surface area contributed by atoms with Gasteiger partial charge in [0.05, 0.1) is 12.3 Å². The number of ether oxygens (including phenoxy) is 2. The van der Waals surface area contributed by atoms with E-state index in [1.165, 1.54) is 25.3 Å². The highest BCUT2D eigenvalue weighted by Crippen LogP contribution is 2.50. The molecule has 15 nitrogen and oxygen atoms in total. The van der Waals surface area contributed by atoms with Crippen molar-refractivity contribution in [3.8, 4) is 24.2 Å². The number of imidazole rings is 1. The minimum Gasteiger partial charge on any atom is -0.462 e. The van der Waals surface area contributed by atoms with Crippen LogP contribution >= 0.6 is 7.75 Å². The Balaban J connectivity index is 1.67. The molecule has 0 spiro atoms. The number of hydrogen-bond acceptors (Lipinski definition) is 13. The average molecular weight is 586 g/mol. The number of benzene rings is 1. The van der Waals surface area contributed by atoms with Crippen molar-refractivity contribution in [1.29, 1.82) is 5.26 Å². The van der Waals surface area contributed by atoms with Crippen LogP contribution in [-0.4, -0.2) is 72.3 Å². The monoisotopic (exact) mass is 585 g/mol. The number of nitrogen functional groups attached to an aromatic ring is 1. The van der Waals surface area contributed by atoms with E-state index < -0.39 is 55.9 Å². The van der Waals surface area contributed by atoms with Crippen molar-refractivity contribution < 1.29 is 38.1 Å². The molecule has 0 radical (unpaired) electrons. The summed E-state index contributed by atoms with van der Waals surface area (Å²) in [6, 6.07) is 8.60. The molecule has 216 valence electrons. The first-order valence-corrected chi connectivity index (χ1v) is 13.8. The topological polar surface area (TPSA) is 216 Å². The van der Waals surface area contributed by atoms with Gasteiger partial charge in [0.2, 0.25) is 5.60 Å². The van der Waals surface area contributed by atoms with E-state index >= 15 is 0 Å². The lowest BCUT2D eigenvalue weighted by molar-refractivity contribution is -0.149. The third-order valence-electron chi connectivity index (χ3n) is 6.13. The molecule has 3 aromatic rings. The molecular weight excluding hydrogens is 557 g/mol. The van der Waals surface area contributed by atoms with Crippen LogP contribution < -0.4 is 15.3 Å². The number of carbonyl (C=O) groups excluding carboxylic acids is 1. The van der Waals surface area contributed by atoms with Gasteiger partial charge in [0.25, 0.3) is 0 Å². The molecule has 1 saturated heterocycles. The Kier molecular flexibility index (Phi) is 8.33. The molecule has 0 aliphatic carbocycles. The number of fused-ring (bicyclic) bond motifs is 1. The number of terminal acetylenes is 1. The number of aliphatic hydroxyl groups is 2. The van der Waals surface area contributed by atoms with Crippen molar-refractivity contribution in [2.75, 3.05) is 12.3 Å². The molecule has 41 heavy (non-hydrogen) atoms. The molecule has 4 rings (SSSR count). The second-order valence-corrected chi connectivity index (χ2v) is 11.1. The summed E-state index contributed by atoms with van der Waals surface area (Å²) >= 11 is 0. The van der Waals surface area contributed by atoms with Gasteiger partial charge in [-0.2, -0.15) is 15.4 Å². The highest BCUT2D eigenvalue weighted by Gasteiger charge is 2.65. The Morgan fingerprint density at radius 3 is 2.63 bits per heavy atom. The van der Waals surface area contributed by atoms with Gasteiger partial charge in [-0.3, -0.25) is 9.32 Å². The number of aliphatic hydroxyl groups excluding tert-OH is 2. The fourth-order valence-electron chi connectivity index (χ4n) is 4.11. The second-order valence-electron chi connectivity index (χ2n) is 9.41. The smallest absolute Gasteiger partial charge is 0.459 e. The Hall–Kier alpha value is -4.08. The normalized spacial score (nSPS) is 26.1. The quantitative estimate of drug-likeness (QED) is 0.146. The fourth-order valence-corrected chi connectivity index (χ4v) is 5.63. The Bertz CT molecular complexity index is 1550. The van der Waals surface area contributed by atoms with Crippen LogP contribution in [0.15, 0.2) is 42.9 Å². The van der Waals surface area contributed by atoms with Gasteiger partial charge in [-0.1, -0.05) is 24.1 Å². The van der Waals surface area contributed by atoms with Crippen molar-refractivity contribution >= 4 is 25.2 Å². The molecule has 1 aliphatic heterocycles. The molecule has 6 atom stereocenters. The maximum Gasteiger partial charge on any atom is 0.459 e. The lowest BCUT2D eigenvalue weighted by atomic mass is 9.89. The van der Waals surface area contributed by atoms with Gasteiger partial charge >= 0.3 is 13.7 Å². The molecule has 5 N–H and O–H groups in total. The summed E-state index contributed by atoms with van der Waals surface area (Å²) in [5, 5.41) is 38.9. The van der Waals surface area contributed by atoms with E-state index in [0.29, 0.717) is 0 Å². The standard InChI is InChI=1S/C25H28N7O8P/c1-5-24(13-37-41(36,39-17-9-7-6-8-10-17)31-16(4)23(35)38-15(2)3)19(33)20(34)25(12-26,40-24)18-11-28-22-21(27)29-14-30-32(18)22/h1,6-11,14-16,19-20,33-34H,13H2,2-4H3,(H,31,36)(H2,27,29,30)/t16-,19?,20?,24+,25-,41-/m0/s1. The van der Waals surface area contributed by atoms with E-state index in [1.807, 2.05) is 6.07 Å². The van der Waals surface area contributed by atoms with E-state index in [2.05, 4.69) is 26.1 Å². The Labute approximate surface area is 234 Å². The highest BCUT2D eigenvalue weighted by molar-refractivity contribution is 7.52. The molecule has 3 heterocycles. The van der Waals surface area contributed by atoms with Gasteiger partial charge in [0.15, 0.2) is 17.1 Å². The molecule has 2 unspecified atom stereocenters. The van der Waals surface area contributed by atoms with Crippen molar-refractivity contribution in [3.05, 3.63) is 48.5 Å². The van der Waals surface area contributed by atoms with Crippen LogP contribution in [-0.2, 0) is 29.0 Å². The number of carbonyl (C=O) groups is 1. The third kappa shape index (κ3) is 5.60. The van der Waals surface area contributed by atoms with E-state index in [-0.39, 0.29) is 22.9 Å². The first-order valence-electron chi connectivity index (χ1n) is 12.3. The van der Waals surface area contributed by atoms with Crippen molar-refractivity contribution in [3.63, 3.8) is 0 Å². The van der Waals surface area contributed by atoms with E-state index in [9.17, 15) is 24.8 Å². The van der Waals surface area contributed by atoms with Crippen LogP contribution in [0, 0.1) is 23.7 Å². The summed E-state index contributed by atoms with van der Waals surface area (Å²) in [5.74, 6) is 1.57. The summed E-state index contributed by atoms with van der Waals surface area (Å²) in [6.07, 6.45) is 3.67.